The Morgan fingerprint density at radius 1 is 0.877 bits per heavy atom. The van der Waals surface area contributed by atoms with Crippen LogP contribution in [-0.2, 0) is 59.0 Å². The molecule has 3 rings (SSSR count). The van der Waals surface area contributed by atoms with Crippen LogP contribution in [0.4, 0.5) is 4.79 Å². The first-order valence-electron chi connectivity index (χ1n) is 27.9. The standard InChI is InChI=1S/C57H85N5O16S3/c1-10-15-51(68)77-33-62(54(70)44(35(6)11-2)28-48(66)46-16-13-14-21-61(46)9)47(34(4)5)29-50(78-37(8)63)53-60-45(32-79-53)52(69)59-41(25-38-17-19-42(64)20-18-38)24-36(7)49(67)30-58-57(75)76-22-23-80-81-31-40(56(73)74)27-43(65)26-39(12-3)55(71)72/h17-20,32,34-36,39-41,44,46-47,50,64H,10-16,21-31,33H2,1-9H3,(H,58,75)(H,59,69)(H,71,72)(H,73,74)/t35-,36+,39+,40+,41-,44+,46-,47-,50-/m1/s1. The van der Waals surface area contributed by atoms with E-state index in [-0.39, 0.29) is 128 Å². The fourth-order valence-corrected chi connectivity index (χ4v) is 12.4. The molecule has 81 heavy (non-hydrogen) atoms. The van der Waals surface area contributed by atoms with Crippen molar-refractivity contribution in [2.45, 2.75) is 163 Å². The number of carboxylic acid groups (broad SMARTS) is 2. The van der Waals surface area contributed by atoms with Crippen molar-refractivity contribution in [2.75, 3.05) is 45.0 Å². The molecule has 1 aromatic carbocycles. The van der Waals surface area contributed by atoms with Crippen LogP contribution in [0, 0.1) is 35.5 Å². The van der Waals surface area contributed by atoms with Crippen molar-refractivity contribution < 1.29 is 77.5 Å². The third-order valence-electron chi connectivity index (χ3n) is 14.5. The van der Waals surface area contributed by atoms with Gasteiger partial charge < -0.3 is 45.1 Å². The lowest BCUT2D eigenvalue weighted by Gasteiger charge is -2.39. The van der Waals surface area contributed by atoms with Crippen molar-refractivity contribution in [1.82, 2.24) is 25.4 Å². The second-order valence-electron chi connectivity index (χ2n) is 21.2. The number of carboxylic acids is 2. The Morgan fingerprint density at radius 2 is 1.56 bits per heavy atom. The Bertz CT molecular complexity index is 2400. The number of carbonyl (C=O) groups is 10. The normalized spacial score (nSPS) is 16.5. The highest BCUT2D eigenvalue weighted by atomic mass is 33.1. The molecule has 21 nitrogen and oxygen atoms in total. The van der Waals surface area contributed by atoms with E-state index in [4.69, 9.17) is 14.2 Å². The number of benzene rings is 1. The number of esters is 2. The first-order valence-corrected chi connectivity index (χ1v) is 31.3. The quantitative estimate of drug-likeness (QED) is 0.0139. The predicted octanol–water partition coefficient (Wildman–Crippen LogP) is 8.31. The van der Waals surface area contributed by atoms with Crippen LogP contribution >= 0.6 is 32.9 Å². The number of alkyl carbamates (subject to hydrolysis) is 1. The van der Waals surface area contributed by atoms with Gasteiger partial charge in [0.15, 0.2) is 24.4 Å². The van der Waals surface area contributed by atoms with E-state index in [0.29, 0.717) is 19.3 Å². The number of hydrogen-bond donors (Lipinski definition) is 5. The van der Waals surface area contributed by atoms with E-state index in [1.807, 2.05) is 46.6 Å². The van der Waals surface area contributed by atoms with Crippen molar-refractivity contribution in [3.63, 3.8) is 0 Å². The summed E-state index contributed by atoms with van der Waals surface area (Å²) in [6.07, 6.45) is 2.04. The number of thiazole rings is 1. The fourth-order valence-electron chi connectivity index (χ4n) is 9.45. The third-order valence-corrected chi connectivity index (χ3v) is 17.9. The Balaban J connectivity index is 1.74. The second-order valence-corrected chi connectivity index (χ2v) is 24.8. The topological polar surface area (TPSA) is 303 Å². The number of aromatic hydroxyl groups is 1. The Hall–Kier alpha value is -5.59. The molecule has 0 unspecified atom stereocenters. The molecule has 1 fully saturated rings. The number of amides is 3. The van der Waals surface area contributed by atoms with Crippen molar-refractivity contribution in [3.8, 4) is 5.75 Å². The summed E-state index contributed by atoms with van der Waals surface area (Å²) < 4.78 is 16.8. The molecule has 452 valence electrons. The first-order chi connectivity index (χ1) is 38.4. The Kier molecular flexibility index (Phi) is 31.0. The minimum atomic E-state index is -1.18. The number of phenols is 1. The number of hydrogen-bond acceptors (Lipinski definition) is 19. The van der Waals surface area contributed by atoms with Gasteiger partial charge in [0.05, 0.1) is 24.4 Å². The van der Waals surface area contributed by atoms with Crippen molar-refractivity contribution in [2.24, 2.45) is 35.5 Å². The van der Waals surface area contributed by atoms with Gasteiger partial charge in [-0.15, -0.1) is 11.3 Å². The van der Waals surface area contributed by atoms with Crippen molar-refractivity contribution in [3.05, 3.63) is 45.9 Å². The molecule has 24 heteroatoms. The van der Waals surface area contributed by atoms with Crippen LogP contribution in [0.15, 0.2) is 29.6 Å². The third kappa shape index (κ3) is 24.4. The molecule has 3 amide bonds. The van der Waals surface area contributed by atoms with E-state index in [1.54, 1.807) is 26.0 Å². The zero-order chi connectivity index (χ0) is 60.3. The largest absolute Gasteiger partial charge is 0.508 e. The summed E-state index contributed by atoms with van der Waals surface area (Å²) in [7, 11) is 4.31. The van der Waals surface area contributed by atoms with Gasteiger partial charge in [-0.3, -0.25) is 48.1 Å². The van der Waals surface area contributed by atoms with Crippen LogP contribution in [0.2, 0.25) is 0 Å². The minimum Gasteiger partial charge on any atom is -0.508 e. The number of phenolic OH excluding ortho intramolecular Hbond substituents is 1. The SMILES string of the molecule is CCCC(=O)OCN(C(=O)[C@@H](CC(=O)[C@H]1CCCCN1C)[C@H](C)CC)[C@H](C[C@@H](OC(C)=O)c1nc(C(=O)N[C@@H](Cc2ccc(O)cc2)C[C@H](C)C(=O)CNC(=O)OCCSSC[C@H](CC(=O)C[C@H](CC)C(=O)O)C(=O)O)cs1)C(C)C. The van der Waals surface area contributed by atoms with E-state index in [9.17, 15) is 63.3 Å². The number of rotatable bonds is 38. The predicted molar refractivity (Wildman–Crippen MR) is 308 cm³/mol. The molecular weight excluding hydrogens is 1110 g/mol. The molecule has 2 heterocycles. The van der Waals surface area contributed by atoms with Gasteiger partial charge in [0.1, 0.15) is 28.8 Å². The van der Waals surface area contributed by atoms with Crippen molar-refractivity contribution >= 4 is 92.1 Å². The average Bonchev–Trinajstić information content (AvgIpc) is 3.94. The summed E-state index contributed by atoms with van der Waals surface area (Å²) in [5, 5.41) is 36.0. The number of ketones is 3. The number of aliphatic carboxylic acids is 2. The molecule has 1 saturated heterocycles. The summed E-state index contributed by atoms with van der Waals surface area (Å²) >= 11 is 1.07. The van der Waals surface area contributed by atoms with Gasteiger partial charge in [-0.2, -0.15) is 0 Å². The molecule has 0 bridgehead atoms. The monoisotopic (exact) mass is 1190 g/mol. The lowest BCUT2D eigenvalue weighted by Crippen LogP contribution is -2.50. The first kappa shape index (κ1) is 69.7. The molecule has 0 radical (unpaired) electrons. The van der Waals surface area contributed by atoms with E-state index in [1.165, 1.54) is 50.9 Å². The maximum atomic E-state index is 15.0. The van der Waals surface area contributed by atoms with Gasteiger partial charge in [-0.25, -0.2) is 9.78 Å². The van der Waals surface area contributed by atoms with Crippen LogP contribution in [0.25, 0.3) is 0 Å². The van der Waals surface area contributed by atoms with Crippen molar-refractivity contribution in [1.29, 1.82) is 0 Å². The Morgan fingerprint density at radius 3 is 2.16 bits per heavy atom. The fraction of sp³-hybridized carbons (Fsp3) is 0.667. The smallest absolute Gasteiger partial charge is 0.407 e. The highest BCUT2D eigenvalue weighted by Crippen LogP contribution is 2.34. The zero-order valence-electron chi connectivity index (χ0n) is 48.3. The lowest BCUT2D eigenvalue weighted by molar-refractivity contribution is -0.162. The number of aromatic nitrogens is 1. The van der Waals surface area contributed by atoms with Crippen LogP contribution in [0.1, 0.15) is 160 Å². The average molecular weight is 1190 g/mol. The van der Waals surface area contributed by atoms with E-state index in [0.717, 1.165) is 36.3 Å². The number of piperidine rings is 1. The van der Waals surface area contributed by atoms with E-state index < -0.39 is 90.3 Å². The molecule has 0 saturated carbocycles. The van der Waals surface area contributed by atoms with Gasteiger partial charge >= 0.3 is 30.0 Å². The van der Waals surface area contributed by atoms with Crippen LogP contribution in [0.3, 0.4) is 0 Å². The molecule has 1 aromatic heterocycles. The number of likely N-dealkylation sites (N-methyl/N-ethyl adjacent to an activating group) is 1. The van der Waals surface area contributed by atoms with Gasteiger partial charge in [-0.1, -0.05) is 95.0 Å². The molecule has 0 aliphatic carbocycles. The van der Waals surface area contributed by atoms with Crippen LogP contribution < -0.4 is 10.6 Å². The highest BCUT2D eigenvalue weighted by Gasteiger charge is 2.40. The number of likely N-dealkylation sites (tertiary alicyclic amines) is 1. The molecule has 9 atom stereocenters. The summed E-state index contributed by atoms with van der Waals surface area (Å²) in [4.78, 5) is 138. The molecule has 1 aliphatic heterocycles. The highest BCUT2D eigenvalue weighted by molar-refractivity contribution is 8.76. The number of nitrogens with zero attached hydrogens (tertiary/aromatic N) is 3. The summed E-state index contributed by atoms with van der Waals surface area (Å²) in [6.45, 7) is 14.0. The summed E-state index contributed by atoms with van der Waals surface area (Å²) in [5.74, 6) is -8.65. The van der Waals surface area contributed by atoms with Crippen LogP contribution in [0.5, 0.6) is 5.75 Å². The summed E-state index contributed by atoms with van der Waals surface area (Å²) in [5.41, 5.74) is 0.723. The van der Waals surface area contributed by atoms with E-state index in [2.05, 4.69) is 15.6 Å². The van der Waals surface area contributed by atoms with Crippen LogP contribution in [-0.4, -0.2) is 152 Å². The van der Waals surface area contributed by atoms with Gasteiger partial charge in [0.25, 0.3) is 5.91 Å². The maximum absolute atomic E-state index is 15.0. The lowest BCUT2D eigenvalue weighted by atomic mass is 9.82. The minimum absolute atomic E-state index is 0.00834. The molecule has 0 spiro atoms. The molecule has 5 N–H and O–H groups in total. The number of Topliss-reactive ketones (excluding diaryl/α,β-unsaturated/α-hetero) is 3. The summed E-state index contributed by atoms with van der Waals surface area (Å²) in [6, 6.07) is 4.68. The Labute approximate surface area is 487 Å². The maximum Gasteiger partial charge on any atom is 0.407 e. The van der Waals surface area contributed by atoms with E-state index >= 15 is 0 Å². The number of nitrogens with one attached hydrogen (secondary N) is 2. The number of carbonyl (C=O) groups excluding carboxylic acids is 8. The number of ether oxygens (including phenoxy) is 3. The van der Waals surface area contributed by atoms with Gasteiger partial charge in [-0.05, 0) is 81.6 Å². The van der Waals surface area contributed by atoms with Gasteiger partial charge in [0.2, 0.25) is 5.91 Å². The molecular formula is C57H85N5O16S3. The molecule has 1 aliphatic rings. The zero-order valence-corrected chi connectivity index (χ0v) is 50.8. The van der Waals surface area contributed by atoms with Gasteiger partial charge in [0, 0.05) is 79.8 Å². The molecule has 2 aromatic rings. The second kappa shape index (κ2) is 36.1.